The summed E-state index contributed by atoms with van der Waals surface area (Å²) in [7, 11) is -4.91. The molecule has 0 heterocycles. The lowest BCUT2D eigenvalue weighted by Crippen LogP contribution is -2.49. The average molecular weight is 338 g/mol. The van der Waals surface area contributed by atoms with Crippen molar-refractivity contribution in [2.75, 3.05) is 6.61 Å². The summed E-state index contributed by atoms with van der Waals surface area (Å²) in [4.78, 5) is 43.9. The van der Waals surface area contributed by atoms with Gasteiger partial charge in [0.1, 0.15) is 5.60 Å². The van der Waals surface area contributed by atoms with Gasteiger partial charge in [-0.3, -0.25) is 14.2 Å². The third kappa shape index (κ3) is 5.07. The van der Waals surface area contributed by atoms with Crippen LogP contribution in [-0.4, -0.2) is 39.6 Å². The summed E-state index contributed by atoms with van der Waals surface area (Å²) in [6.07, 6.45) is 0.0972. The van der Waals surface area contributed by atoms with Crippen LogP contribution in [0.2, 0.25) is 0 Å². The van der Waals surface area contributed by atoms with Gasteiger partial charge < -0.3 is 19.3 Å². The lowest BCUT2D eigenvalue weighted by Gasteiger charge is -2.37. The van der Waals surface area contributed by atoms with Crippen LogP contribution in [0.15, 0.2) is 0 Å². The van der Waals surface area contributed by atoms with Gasteiger partial charge in [0.25, 0.3) is 0 Å². The number of hydrogen-bond acceptors (Lipinski definition) is 5. The Morgan fingerprint density at radius 1 is 1.09 bits per heavy atom. The van der Waals surface area contributed by atoms with Crippen molar-refractivity contribution in [2.45, 2.75) is 65.6 Å². The van der Waals surface area contributed by atoms with E-state index in [1.165, 1.54) is 6.92 Å². The van der Waals surface area contributed by atoms with Gasteiger partial charge in [-0.05, 0) is 40.5 Å². The fraction of sp³-hybridized carbons (Fsp3) is 0.857. The molecule has 1 unspecified atom stereocenters. The summed E-state index contributed by atoms with van der Waals surface area (Å²) in [5.74, 6) is -1.88. The zero-order chi connectivity index (χ0) is 17.8. The Hall–Kier alpha value is -0.910. The molecule has 0 aromatic rings. The molecule has 0 radical (unpaired) electrons. The third-order valence-electron chi connectivity index (χ3n) is 3.44. The van der Waals surface area contributed by atoms with Crippen molar-refractivity contribution in [3.05, 3.63) is 0 Å². The molecular formula is C14H27O7P. The minimum absolute atomic E-state index is 0.0346. The van der Waals surface area contributed by atoms with Gasteiger partial charge in [-0.1, -0.05) is 13.8 Å². The summed E-state index contributed by atoms with van der Waals surface area (Å²) in [6, 6.07) is 0. The van der Waals surface area contributed by atoms with Gasteiger partial charge >= 0.3 is 19.5 Å². The zero-order valence-electron chi connectivity index (χ0n) is 14.1. The Bertz CT molecular complexity index is 443. The first-order chi connectivity index (χ1) is 9.85. The van der Waals surface area contributed by atoms with Crippen LogP contribution >= 0.6 is 7.60 Å². The molecule has 0 aliphatic rings. The van der Waals surface area contributed by atoms with Gasteiger partial charge in [0.2, 0.25) is 0 Å². The van der Waals surface area contributed by atoms with E-state index in [4.69, 9.17) is 9.47 Å². The number of carbonyl (C=O) groups is 2. The van der Waals surface area contributed by atoms with Crippen LogP contribution in [-0.2, 0) is 23.6 Å². The molecule has 0 aliphatic heterocycles. The van der Waals surface area contributed by atoms with Crippen molar-refractivity contribution >= 4 is 19.5 Å². The van der Waals surface area contributed by atoms with Crippen LogP contribution < -0.4 is 0 Å². The molecule has 0 rings (SSSR count). The van der Waals surface area contributed by atoms with E-state index in [1.807, 2.05) is 0 Å². The monoisotopic (exact) mass is 338 g/mol. The first-order valence-electron chi connectivity index (χ1n) is 7.31. The van der Waals surface area contributed by atoms with E-state index in [-0.39, 0.29) is 19.4 Å². The fourth-order valence-electron chi connectivity index (χ4n) is 2.32. The molecule has 0 spiro atoms. The average Bonchev–Trinajstić information content (AvgIpc) is 2.32. The number of carbonyl (C=O) groups excluding carboxylic acids is 2. The van der Waals surface area contributed by atoms with Crippen LogP contribution in [0, 0.1) is 5.41 Å². The van der Waals surface area contributed by atoms with Crippen LogP contribution in [0.3, 0.4) is 0 Å². The molecule has 0 aromatic carbocycles. The highest BCUT2D eigenvalue weighted by atomic mass is 31.2. The maximum absolute atomic E-state index is 12.6. The normalized spacial score (nSPS) is 14.4. The second-order valence-corrected chi connectivity index (χ2v) is 7.80. The SMILES string of the molecule is CCOC(=O)C(C(CC)(CC)C(=O)OC(C)(C)C)P(=O)(O)O. The molecule has 0 aliphatic carbocycles. The van der Waals surface area contributed by atoms with Gasteiger partial charge in [0, 0.05) is 0 Å². The summed E-state index contributed by atoms with van der Waals surface area (Å²) < 4.78 is 21.9. The van der Waals surface area contributed by atoms with E-state index >= 15 is 0 Å². The molecule has 1 atom stereocenters. The topological polar surface area (TPSA) is 110 Å². The molecule has 0 saturated heterocycles. The van der Waals surface area contributed by atoms with E-state index in [2.05, 4.69) is 0 Å². The Morgan fingerprint density at radius 2 is 1.55 bits per heavy atom. The summed E-state index contributed by atoms with van der Waals surface area (Å²) >= 11 is 0. The van der Waals surface area contributed by atoms with Crippen LogP contribution in [0.5, 0.6) is 0 Å². The van der Waals surface area contributed by atoms with Crippen molar-refractivity contribution in [3.8, 4) is 0 Å². The Morgan fingerprint density at radius 3 is 1.82 bits per heavy atom. The van der Waals surface area contributed by atoms with Gasteiger partial charge in [0.15, 0.2) is 5.66 Å². The Labute approximate surface area is 131 Å². The number of hydrogen-bond donors (Lipinski definition) is 2. The van der Waals surface area contributed by atoms with Crippen LogP contribution in [0.4, 0.5) is 0 Å². The van der Waals surface area contributed by atoms with Gasteiger partial charge in [-0.2, -0.15) is 0 Å². The number of esters is 2. The lowest BCUT2D eigenvalue weighted by molar-refractivity contribution is -0.173. The van der Waals surface area contributed by atoms with Crippen LogP contribution in [0.25, 0.3) is 0 Å². The van der Waals surface area contributed by atoms with E-state index in [0.29, 0.717) is 0 Å². The second kappa shape index (κ2) is 7.57. The van der Waals surface area contributed by atoms with Gasteiger partial charge in [0.05, 0.1) is 12.0 Å². The summed E-state index contributed by atoms with van der Waals surface area (Å²) in [5.41, 5.74) is -4.33. The highest BCUT2D eigenvalue weighted by Crippen LogP contribution is 2.54. The first kappa shape index (κ1) is 21.1. The largest absolute Gasteiger partial charge is 0.465 e. The molecule has 0 fully saturated rings. The van der Waals surface area contributed by atoms with Crippen molar-refractivity contribution in [1.29, 1.82) is 0 Å². The van der Waals surface area contributed by atoms with Gasteiger partial charge in [-0.25, -0.2) is 0 Å². The second-order valence-electron chi connectivity index (χ2n) is 6.11. The highest BCUT2D eigenvalue weighted by molar-refractivity contribution is 7.53. The predicted molar refractivity (Wildman–Crippen MR) is 81.3 cm³/mol. The predicted octanol–water partition coefficient (Wildman–Crippen LogP) is 2.24. The lowest BCUT2D eigenvalue weighted by atomic mass is 9.78. The molecule has 0 saturated carbocycles. The standard InChI is InChI=1S/C14H27O7P/c1-7-14(8-2,12(16)21-13(4,5)6)10(22(17,18)19)11(15)20-9-3/h10H,7-9H2,1-6H3,(H2,17,18,19). The molecule has 130 valence electrons. The first-order valence-corrected chi connectivity index (χ1v) is 8.99. The number of rotatable bonds is 7. The van der Waals surface area contributed by atoms with Crippen molar-refractivity contribution < 1.29 is 33.4 Å². The fourth-order valence-corrected chi connectivity index (χ4v) is 3.79. The summed E-state index contributed by atoms with van der Waals surface area (Å²) in [6.45, 7) is 9.63. The maximum atomic E-state index is 12.6. The zero-order valence-corrected chi connectivity index (χ0v) is 15.0. The molecule has 0 bridgehead atoms. The van der Waals surface area contributed by atoms with E-state index < -0.39 is 36.2 Å². The number of ether oxygens (including phenoxy) is 2. The third-order valence-corrected chi connectivity index (χ3v) is 4.81. The van der Waals surface area contributed by atoms with E-state index in [9.17, 15) is 23.9 Å². The Kier molecular flexibility index (Phi) is 7.26. The van der Waals surface area contributed by atoms with Gasteiger partial charge in [-0.15, -0.1) is 0 Å². The maximum Gasteiger partial charge on any atom is 0.340 e. The minimum atomic E-state index is -4.91. The highest BCUT2D eigenvalue weighted by Gasteiger charge is 2.57. The summed E-state index contributed by atoms with van der Waals surface area (Å²) in [5, 5.41) is 0. The van der Waals surface area contributed by atoms with Crippen molar-refractivity contribution in [3.63, 3.8) is 0 Å². The van der Waals surface area contributed by atoms with Crippen molar-refractivity contribution in [2.24, 2.45) is 5.41 Å². The molecular weight excluding hydrogens is 311 g/mol. The molecule has 0 amide bonds. The molecule has 8 heteroatoms. The van der Waals surface area contributed by atoms with Crippen molar-refractivity contribution in [1.82, 2.24) is 0 Å². The minimum Gasteiger partial charge on any atom is -0.465 e. The van der Waals surface area contributed by atoms with E-state index in [0.717, 1.165) is 0 Å². The quantitative estimate of drug-likeness (QED) is 0.541. The molecule has 7 nitrogen and oxygen atoms in total. The van der Waals surface area contributed by atoms with Crippen LogP contribution in [0.1, 0.15) is 54.4 Å². The molecule has 2 N–H and O–H groups in total. The smallest absolute Gasteiger partial charge is 0.340 e. The Balaban J connectivity index is 5.97. The molecule has 0 aromatic heterocycles. The molecule has 22 heavy (non-hydrogen) atoms. The van der Waals surface area contributed by atoms with E-state index in [1.54, 1.807) is 34.6 Å².